The number of anilines is 1. The quantitative estimate of drug-likeness (QED) is 0.539. The number of rotatable bonds is 9. The van der Waals surface area contributed by atoms with Gasteiger partial charge in [0.25, 0.3) is 0 Å². The van der Waals surface area contributed by atoms with Crippen molar-refractivity contribution in [3.8, 4) is 0 Å². The summed E-state index contributed by atoms with van der Waals surface area (Å²) in [4.78, 5) is 4.94. The first kappa shape index (κ1) is 23.7. The smallest absolute Gasteiger partial charge is 0.123 e. The van der Waals surface area contributed by atoms with Crippen LogP contribution in [-0.2, 0) is 0 Å². The van der Waals surface area contributed by atoms with E-state index in [1.54, 1.807) is 12.1 Å². The Kier molecular flexibility index (Phi) is 8.50. The molecule has 4 heteroatoms. The molecule has 0 amide bonds. The molecule has 2 aromatic carbocycles. The monoisotopic (exact) mass is 426 g/mol. The first-order chi connectivity index (χ1) is 14.9. The third-order valence-electron chi connectivity index (χ3n) is 6.97. The Morgan fingerprint density at radius 3 is 2.65 bits per heavy atom. The van der Waals surface area contributed by atoms with Crippen LogP contribution in [0.4, 0.5) is 10.1 Å². The molecule has 170 valence electrons. The van der Waals surface area contributed by atoms with Gasteiger partial charge in [0.2, 0.25) is 0 Å². The lowest BCUT2D eigenvalue weighted by atomic mass is 9.80. The van der Waals surface area contributed by atoms with E-state index in [9.17, 15) is 9.50 Å². The molecule has 3 unspecified atom stereocenters. The van der Waals surface area contributed by atoms with Gasteiger partial charge in [0.05, 0.1) is 6.10 Å². The molecule has 3 rings (SSSR count). The molecule has 1 saturated heterocycles. The number of hydrogen-bond acceptors (Lipinski definition) is 3. The Bertz CT molecular complexity index is 822. The van der Waals surface area contributed by atoms with Crippen molar-refractivity contribution in [3.63, 3.8) is 0 Å². The second kappa shape index (κ2) is 11.1. The summed E-state index contributed by atoms with van der Waals surface area (Å²) in [6.45, 7) is 11.2. The third-order valence-corrected chi connectivity index (χ3v) is 6.97. The molecule has 1 fully saturated rings. The van der Waals surface area contributed by atoms with Crippen molar-refractivity contribution in [3.05, 3.63) is 65.0 Å². The van der Waals surface area contributed by atoms with Gasteiger partial charge in [-0.3, -0.25) is 0 Å². The maximum absolute atomic E-state index is 13.1. The normalized spacial score (nSPS) is 20.6. The highest BCUT2D eigenvalue weighted by Gasteiger charge is 2.29. The van der Waals surface area contributed by atoms with Crippen LogP contribution in [0.3, 0.4) is 0 Å². The zero-order valence-corrected chi connectivity index (χ0v) is 19.6. The molecule has 2 aromatic rings. The molecule has 1 aliphatic rings. The van der Waals surface area contributed by atoms with Gasteiger partial charge in [0, 0.05) is 25.8 Å². The number of piperidine rings is 1. The van der Waals surface area contributed by atoms with Crippen molar-refractivity contribution < 1.29 is 9.50 Å². The van der Waals surface area contributed by atoms with Crippen molar-refractivity contribution in [2.75, 3.05) is 38.1 Å². The molecule has 1 N–H and O–H groups in total. The molecule has 31 heavy (non-hydrogen) atoms. The van der Waals surface area contributed by atoms with E-state index in [0.29, 0.717) is 18.3 Å². The number of benzene rings is 2. The summed E-state index contributed by atoms with van der Waals surface area (Å²) in [5.41, 5.74) is 5.06. The Balaban J connectivity index is 1.60. The van der Waals surface area contributed by atoms with E-state index in [2.05, 4.69) is 55.8 Å². The fourth-order valence-electron chi connectivity index (χ4n) is 5.02. The van der Waals surface area contributed by atoms with Crippen molar-refractivity contribution >= 4 is 5.69 Å². The Morgan fingerprint density at radius 1 is 1.19 bits per heavy atom. The molecule has 0 saturated carbocycles. The average molecular weight is 427 g/mol. The molecule has 3 nitrogen and oxygen atoms in total. The van der Waals surface area contributed by atoms with E-state index in [1.807, 2.05) is 0 Å². The highest BCUT2D eigenvalue weighted by atomic mass is 19.1. The molecular formula is C27H39FN2O. The van der Waals surface area contributed by atoms with Crippen LogP contribution in [0.15, 0.2) is 42.5 Å². The number of hydrogen-bond donors (Lipinski definition) is 1. The van der Waals surface area contributed by atoms with Gasteiger partial charge in [0.1, 0.15) is 5.82 Å². The minimum atomic E-state index is -0.520. The lowest BCUT2D eigenvalue weighted by Gasteiger charge is -2.38. The zero-order chi connectivity index (χ0) is 22.4. The highest BCUT2D eigenvalue weighted by Crippen LogP contribution is 2.37. The summed E-state index contributed by atoms with van der Waals surface area (Å²) in [7, 11) is 2.19. The van der Waals surface area contributed by atoms with Crippen molar-refractivity contribution in [1.29, 1.82) is 0 Å². The van der Waals surface area contributed by atoms with E-state index >= 15 is 0 Å². The Morgan fingerprint density at radius 2 is 1.94 bits per heavy atom. The second-order valence-electron chi connectivity index (χ2n) is 9.30. The van der Waals surface area contributed by atoms with Crippen molar-refractivity contribution in [2.45, 2.75) is 58.5 Å². The van der Waals surface area contributed by atoms with Crippen LogP contribution >= 0.6 is 0 Å². The maximum atomic E-state index is 13.1. The van der Waals surface area contributed by atoms with Gasteiger partial charge in [-0.25, -0.2) is 4.39 Å². The average Bonchev–Trinajstić information content (AvgIpc) is 2.76. The molecule has 0 radical (unpaired) electrons. The summed E-state index contributed by atoms with van der Waals surface area (Å²) in [5.74, 6) is 0.960. The molecular weight excluding hydrogens is 387 g/mol. The fraction of sp³-hybridized carbons (Fsp3) is 0.556. The van der Waals surface area contributed by atoms with Gasteiger partial charge in [-0.05, 0) is 92.4 Å². The van der Waals surface area contributed by atoms with E-state index in [1.165, 1.54) is 35.4 Å². The molecule has 1 aliphatic heterocycles. The fourth-order valence-corrected chi connectivity index (χ4v) is 5.02. The van der Waals surface area contributed by atoms with Crippen LogP contribution in [0.5, 0.6) is 0 Å². The standard InChI is InChI=1S/C27H39FN2O/c1-5-16-29(4)26-9-6-8-24(21(26)3)25-19-30(18-15-20(25)2)17-7-10-27(31)22-11-13-23(28)14-12-22/h6,8-9,11-14,20,25,27,31H,5,7,10,15-19H2,1-4H3. The minimum Gasteiger partial charge on any atom is -0.388 e. The number of halogens is 1. The van der Waals surface area contributed by atoms with Crippen LogP contribution in [0.2, 0.25) is 0 Å². The first-order valence-corrected chi connectivity index (χ1v) is 11.9. The Hall–Kier alpha value is -1.91. The van der Waals surface area contributed by atoms with Crippen molar-refractivity contribution in [1.82, 2.24) is 4.90 Å². The molecule has 0 aliphatic carbocycles. The molecule has 1 heterocycles. The molecule has 0 bridgehead atoms. The number of nitrogens with zero attached hydrogens (tertiary/aromatic N) is 2. The summed E-state index contributed by atoms with van der Waals surface area (Å²) >= 11 is 0. The van der Waals surface area contributed by atoms with Crippen LogP contribution in [0.1, 0.15) is 68.2 Å². The first-order valence-electron chi connectivity index (χ1n) is 11.9. The summed E-state index contributed by atoms with van der Waals surface area (Å²) in [6.07, 6.45) is 3.49. The number of likely N-dealkylation sites (tertiary alicyclic amines) is 1. The van der Waals surface area contributed by atoms with Gasteiger partial charge in [-0.1, -0.05) is 38.1 Å². The summed E-state index contributed by atoms with van der Waals surface area (Å²) in [6, 6.07) is 13.0. The van der Waals surface area contributed by atoms with Gasteiger partial charge in [0.15, 0.2) is 0 Å². The molecule has 3 atom stereocenters. The van der Waals surface area contributed by atoms with Crippen LogP contribution in [-0.4, -0.2) is 43.2 Å². The van der Waals surface area contributed by atoms with Gasteiger partial charge in [-0.2, -0.15) is 0 Å². The third kappa shape index (κ3) is 6.08. The van der Waals surface area contributed by atoms with Gasteiger partial charge < -0.3 is 14.9 Å². The second-order valence-corrected chi connectivity index (χ2v) is 9.30. The predicted molar refractivity (Wildman–Crippen MR) is 128 cm³/mol. The minimum absolute atomic E-state index is 0.260. The lowest BCUT2D eigenvalue weighted by molar-refractivity contribution is 0.136. The van der Waals surface area contributed by atoms with E-state index in [4.69, 9.17) is 0 Å². The van der Waals surface area contributed by atoms with E-state index in [-0.39, 0.29) is 5.82 Å². The van der Waals surface area contributed by atoms with Crippen molar-refractivity contribution in [2.24, 2.45) is 5.92 Å². The van der Waals surface area contributed by atoms with Gasteiger partial charge in [-0.15, -0.1) is 0 Å². The maximum Gasteiger partial charge on any atom is 0.123 e. The Labute approximate surface area is 187 Å². The van der Waals surface area contributed by atoms with Gasteiger partial charge >= 0.3 is 0 Å². The topological polar surface area (TPSA) is 26.7 Å². The zero-order valence-electron chi connectivity index (χ0n) is 19.6. The SMILES string of the molecule is CCCN(C)c1cccc(C2CN(CCCC(O)c3ccc(F)cc3)CCC2C)c1C. The van der Waals surface area contributed by atoms with E-state index < -0.39 is 6.10 Å². The summed E-state index contributed by atoms with van der Waals surface area (Å²) < 4.78 is 13.1. The highest BCUT2D eigenvalue weighted by molar-refractivity contribution is 5.56. The van der Waals surface area contributed by atoms with E-state index in [0.717, 1.165) is 44.6 Å². The number of aliphatic hydroxyl groups excluding tert-OH is 1. The van der Waals surface area contributed by atoms with Crippen LogP contribution in [0.25, 0.3) is 0 Å². The largest absolute Gasteiger partial charge is 0.388 e. The van der Waals surface area contributed by atoms with Crippen LogP contribution < -0.4 is 4.90 Å². The lowest BCUT2D eigenvalue weighted by Crippen LogP contribution is -2.39. The van der Waals surface area contributed by atoms with Crippen LogP contribution in [0, 0.1) is 18.7 Å². The predicted octanol–water partition coefficient (Wildman–Crippen LogP) is 5.92. The number of aliphatic hydroxyl groups is 1. The molecule has 0 aromatic heterocycles. The summed E-state index contributed by atoms with van der Waals surface area (Å²) in [5, 5.41) is 10.4. The molecule has 0 spiro atoms.